The first kappa shape index (κ1) is 16.1. The number of hydrogen-bond donors (Lipinski definition) is 1. The van der Waals surface area contributed by atoms with E-state index in [2.05, 4.69) is 32.7 Å². The fourth-order valence-corrected chi connectivity index (χ4v) is 3.42. The summed E-state index contributed by atoms with van der Waals surface area (Å²) in [5.41, 5.74) is 1.03. The normalized spacial score (nSPS) is 10.5. The van der Waals surface area contributed by atoms with Gasteiger partial charge in [-0.05, 0) is 28.1 Å². The van der Waals surface area contributed by atoms with Crippen LogP contribution >= 0.6 is 27.3 Å². The molecule has 21 heavy (non-hydrogen) atoms. The molecule has 0 saturated carbocycles. The van der Waals surface area contributed by atoms with Gasteiger partial charge in [0.05, 0.1) is 21.3 Å². The van der Waals surface area contributed by atoms with E-state index in [1.165, 1.54) is 4.88 Å². The summed E-state index contributed by atoms with van der Waals surface area (Å²) in [6.07, 6.45) is 0. The van der Waals surface area contributed by atoms with Crippen LogP contribution in [-0.2, 0) is 13.1 Å². The zero-order valence-corrected chi connectivity index (χ0v) is 14.6. The van der Waals surface area contributed by atoms with E-state index >= 15 is 0 Å². The third-order valence-corrected chi connectivity index (χ3v) is 4.72. The summed E-state index contributed by atoms with van der Waals surface area (Å²) in [5.74, 6) is 2.15. The monoisotopic (exact) mass is 371 g/mol. The number of nitrogens with one attached hydrogen (secondary N) is 1. The van der Waals surface area contributed by atoms with E-state index < -0.39 is 0 Å². The summed E-state index contributed by atoms with van der Waals surface area (Å²) in [6, 6.07) is 5.90. The van der Waals surface area contributed by atoms with Crippen molar-refractivity contribution in [2.45, 2.75) is 13.1 Å². The van der Waals surface area contributed by atoms with Crippen molar-refractivity contribution in [3.05, 3.63) is 38.5 Å². The molecule has 1 aromatic carbocycles. The van der Waals surface area contributed by atoms with Gasteiger partial charge in [-0.15, -0.1) is 11.3 Å². The van der Waals surface area contributed by atoms with Crippen LogP contribution < -0.4 is 19.5 Å². The van der Waals surface area contributed by atoms with Gasteiger partial charge in [0.2, 0.25) is 0 Å². The number of methoxy groups -OCH3 is 3. The minimum Gasteiger partial charge on any atom is -0.496 e. The number of rotatable bonds is 7. The molecule has 0 aliphatic carbocycles. The number of hydrogen-bond acceptors (Lipinski definition) is 5. The summed E-state index contributed by atoms with van der Waals surface area (Å²) >= 11 is 5.18. The maximum Gasteiger partial charge on any atom is 0.164 e. The summed E-state index contributed by atoms with van der Waals surface area (Å²) in [4.78, 5) is 1.28. The van der Waals surface area contributed by atoms with Crippen molar-refractivity contribution in [3.63, 3.8) is 0 Å². The molecule has 0 aliphatic rings. The Morgan fingerprint density at radius 2 is 1.62 bits per heavy atom. The summed E-state index contributed by atoms with van der Waals surface area (Å²) < 4.78 is 17.1. The molecule has 6 heteroatoms. The van der Waals surface area contributed by atoms with Gasteiger partial charge in [-0.3, -0.25) is 0 Å². The van der Waals surface area contributed by atoms with Gasteiger partial charge < -0.3 is 19.5 Å². The molecule has 0 spiro atoms. The Labute approximate surface area is 137 Å². The quantitative estimate of drug-likeness (QED) is 0.802. The van der Waals surface area contributed by atoms with Gasteiger partial charge in [-0.1, -0.05) is 0 Å². The summed E-state index contributed by atoms with van der Waals surface area (Å²) in [6.45, 7) is 1.51. The third kappa shape index (κ3) is 4.12. The molecule has 1 aromatic heterocycles. The minimum atomic E-state index is 0.667. The predicted molar refractivity (Wildman–Crippen MR) is 88.7 cm³/mol. The first-order valence-electron chi connectivity index (χ1n) is 6.40. The molecule has 0 saturated heterocycles. The summed E-state index contributed by atoms with van der Waals surface area (Å²) in [7, 11) is 4.90. The van der Waals surface area contributed by atoms with Crippen molar-refractivity contribution in [3.8, 4) is 17.2 Å². The van der Waals surface area contributed by atoms with Crippen LogP contribution in [0.4, 0.5) is 0 Å². The lowest BCUT2D eigenvalue weighted by atomic mass is 10.1. The molecular formula is C15H18BrNO3S. The van der Waals surface area contributed by atoms with Crippen molar-refractivity contribution in [2.75, 3.05) is 21.3 Å². The Balaban J connectivity index is 2.07. The molecule has 1 heterocycles. The molecular weight excluding hydrogens is 354 g/mol. The highest BCUT2D eigenvalue weighted by atomic mass is 79.9. The molecule has 4 nitrogen and oxygen atoms in total. The Hall–Kier alpha value is -1.24. The number of benzene rings is 1. The lowest BCUT2D eigenvalue weighted by Crippen LogP contribution is -2.12. The van der Waals surface area contributed by atoms with Gasteiger partial charge in [0.15, 0.2) is 11.5 Å². The highest BCUT2D eigenvalue weighted by Crippen LogP contribution is 2.34. The average molecular weight is 372 g/mol. The van der Waals surface area contributed by atoms with Gasteiger partial charge in [-0.25, -0.2) is 0 Å². The summed E-state index contributed by atoms with van der Waals surface area (Å²) in [5, 5.41) is 5.49. The highest BCUT2D eigenvalue weighted by molar-refractivity contribution is 9.10. The Bertz CT molecular complexity index is 601. The second kappa shape index (κ2) is 7.68. The zero-order valence-electron chi connectivity index (χ0n) is 12.2. The van der Waals surface area contributed by atoms with Crippen molar-refractivity contribution in [1.82, 2.24) is 5.32 Å². The Morgan fingerprint density at radius 1 is 0.952 bits per heavy atom. The molecule has 0 radical (unpaired) electrons. The van der Waals surface area contributed by atoms with E-state index in [-0.39, 0.29) is 0 Å². The van der Waals surface area contributed by atoms with Gasteiger partial charge in [0.1, 0.15) is 5.75 Å². The third-order valence-electron chi connectivity index (χ3n) is 3.02. The maximum absolute atomic E-state index is 5.41. The van der Waals surface area contributed by atoms with Crippen molar-refractivity contribution >= 4 is 27.3 Å². The van der Waals surface area contributed by atoms with Gasteiger partial charge >= 0.3 is 0 Å². The lowest BCUT2D eigenvalue weighted by Gasteiger charge is -2.14. The minimum absolute atomic E-state index is 0.667. The Morgan fingerprint density at radius 3 is 2.19 bits per heavy atom. The molecule has 0 fully saturated rings. The molecule has 2 rings (SSSR count). The zero-order chi connectivity index (χ0) is 15.2. The van der Waals surface area contributed by atoms with Crippen LogP contribution in [0.3, 0.4) is 0 Å². The van der Waals surface area contributed by atoms with Crippen LogP contribution in [0.15, 0.2) is 28.1 Å². The number of ether oxygens (including phenoxy) is 3. The van der Waals surface area contributed by atoms with Crippen molar-refractivity contribution in [1.29, 1.82) is 0 Å². The number of thiophene rings is 1. The molecule has 0 amide bonds. The SMILES string of the molecule is COc1cc(OC)c(OC)cc1CNCc1cc(Br)cs1. The van der Waals surface area contributed by atoms with Crippen molar-refractivity contribution in [2.24, 2.45) is 0 Å². The molecule has 114 valence electrons. The van der Waals surface area contributed by atoms with E-state index in [0.717, 1.165) is 22.3 Å². The van der Waals surface area contributed by atoms with Gasteiger partial charge in [-0.2, -0.15) is 0 Å². The van der Waals surface area contributed by atoms with E-state index in [1.807, 2.05) is 12.1 Å². The van der Waals surface area contributed by atoms with Crippen LogP contribution in [-0.4, -0.2) is 21.3 Å². The van der Waals surface area contributed by atoms with Gasteiger partial charge in [0, 0.05) is 39.4 Å². The lowest BCUT2D eigenvalue weighted by molar-refractivity contribution is 0.347. The molecule has 0 atom stereocenters. The molecule has 0 aliphatic heterocycles. The average Bonchev–Trinajstić information content (AvgIpc) is 2.92. The van der Waals surface area contributed by atoms with E-state index in [9.17, 15) is 0 Å². The Kier molecular flexibility index (Phi) is 5.90. The van der Waals surface area contributed by atoms with Gasteiger partial charge in [0.25, 0.3) is 0 Å². The van der Waals surface area contributed by atoms with Crippen LogP contribution in [0.1, 0.15) is 10.4 Å². The van der Waals surface area contributed by atoms with E-state index in [4.69, 9.17) is 14.2 Å². The first-order valence-corrected chi connectivity index (χ1v) is 8.07. The van der Waals surface area contributed by atoms with E-state index in [0.29, 0.717) is 18.0 Å². The van der Waals surface area contributed by atoms with Crippen LogP contribution in [0.25, 0.3) is 0 Å². The number of halogens is 1. The van der Waals surface area contributed by atoms with Crippen LogP contribution in [0.5, 0.6) is 17.2 Å². The predicted octanol–water partition coefficient (Wildman–Crippen LogP) is 3.83. The fraction of sp³-hybridized carbons (Fsp3) is 0.333. The van der Waals surface area contributed by atoms with Crippen LogP contribution in [0, 0.1) is 0 Å². The molecule has 0 bridgehead atoms. The second-order valence-electron chi connectivity index (χ2n) is 4.35. The topological polar surface area (TPSA) is 39.7 Å². The smallest absolute Gasteiger partial charge is 0.164 e. The fourth-order valence-electron chi connectivity index (χ4n) is 2.00. The first-order chi connectivity index (χ1) is 10.2. The van der Waals surface area contributed by atoms with Crippen molar-refractivity contribution < 1.29 is 14.2 Å². The molecule has 2 aromatic rings. The second-order valence-corrected chi connectivity index (χ2v) is 6.27. The van der Waals surface area contributed by atoms with Crippen LogP contribution in [0.2, 0.25) is 0 Å². The molecule has 0 unspecified atom stereocenters. The highest BCUT2D eigenvalue weighted by Gasteiger charge is 2.11. The maximum atomic E-state index is 5.41. The standard InChI is InChI=1S/C15H18BrNO3S/c1-18-13-6-15(20-3)14(19-2)4-10(13)7-17-8-12-5-11(16)9-21-12/h4-6,9,17H,7-8H2,1-3H3. The molecule has 1 N–H and O–H groups in total. The van der Waals surface area contributed by atoms with E-state index in [1.54, 1.807) is 32.7 Å². The largest absolute Gasteiger partial charge is 0.496 e.